The van der Waals surface area contributed by atoms with E-state index in [4.69, 9.17) is 23.2 Å². The molecule has 136 valence electrons. The van der Waals surface area contributed by atoms with Gasteiger partial charge in [0.15, 0.2) is 0 Å². The Labute approximate surface area is 160 Å². The Kier molecular flexibility index (Phi) is 4.60. The lowest BCUT2D eigenvalue weighted by Crippen LogP contribution is -2.39. The van der Waals surface area contributed by atoms with Crippen molar-refractivity contribution in [3.05, 3.63) is 34.4 Å². The van der Waals surface area contributed by atoms with Gasteiger partial charge in [-0.05, 0) is 44.6 Å². The molecule has 0 saturated carbocycles. The fraction of sp³-hybridized carbons (Fsp3) is 0.353. The molecule has 9 heteroatoms. The van der Waals surface area contributed by atoms with E-state index in [-0.39, 0.29) is 5.75 Å². The monoisotopic (exact) mass is 392 g/mol. The van der Waals surface area contributed by atoms with Crippen molar-refractivity contribution in [3.63, 3.8) is 0 Å². The van der Waals surface area contributed by atoms with E-state index >= 15 is 0 Å². The lowest BCUT2D eigenvalue weighted by molar-refractivity contribution is 0.260. The predicted octanol–water partition coefficient (Wildman–Crippen LogP) is 3.31. The summed E-state index contributed by atoms with van der Waals surface area (Å²) in [7, 11) is 2.11. The molecule has 1 aliphatic rings. The number of aromatic hydroxyl groups is 1. The van der Waals surface area contributed by atoms with Gasteiger partial charge in [-0.3, -0.25) is 0 Å². The molecule has 0 radical (unpaired) electrons. The number of likely N-dealkylation sites (tertiary alicyclic amines) is 1. The number of benzene rings is 1. The number of aromatic nitrogens is 4. The Hall–Kier alpha value is -2.09. The van der Waals surface area contributed by atoms with E-state index in [2.05, 4.69) is 32.3 Å². The van der Waals surface area contributed by atoms with Crippen molar-refractivity contribution in [2.45, 2.75) is 18.9 Å². The number of hydrogen-bond acceptors (Lipinski definition) is 6. The number of phenolic OH excluding ortho intramolecular Hbond substituents is 1. The van der Waals surface area contributed by atoms with Crippen LogP contribution in [0.3, 0.4) is 0 Å². The standard InChI is InChI=1S/C17H18Cl2N6O/c1-24-5-2-3-11(9-24)20-16-22-17-21-13(4-6-25(17)23-16)15-12(19)7-10(18)8-14(15)26/h4,6-8,11,26H,2-3,5,9H2,1H3,(H,20,23). The molecule has 2 aromatic heterocycles. The maximum absolute atomic E-state index is 10.2. The van der Waals surface area contributed by atoms with Crippen molar-refractivity contribution in [2.75, 3.05) is 25.5 Å². The number of anilines is 1. The summed E-state index contributed by atoms with van der Waals surface area (Å²) < 4.78 is 1.60. The molecule has 1 atom stereocenters. The number of fused-ring (bicyclic) bond motifs is 1. The van der Waals surface area contributed by atoms with Crippen LogP contribution in [0.5, 0.6) is 5.75 Å². The zero-order valence-electron chi connectivity index (χ0n) is 14.2. The number of phenols is 1. The van der Waals surface area contributed by atoms with Gasteiger partial charge in [0.2, 0.25) is 5.95 Å². The number of rotatable bonds is 3. The molecule has 1 aromatic carbocycles. The van der Waals surface area contributed by atoms with E-state index in [0.717, 1.165) is 25.9 Å². The van der Waals surface area contributed by atoms with Crippen LogP contribution in [0.2, 0.25) is 10.0 Å². The molecule has 3 aromatic rings. The maximum atomic E-state index is 10.2. The molecule has 1 aliphatic heterocycles. The fourth-order valence-electron chi connectivity index (χ4n) is 3.26. The first-order valence-electron chi connectivity index (χ1n) is 8.36. The van der Waals surface area contributed by atoms with Gasteiger partial charge in [0, 0.05) is 23.8 Å². The summed E-state index contributed by atoms with van der Waals surface area (Å²) in [6.45, 7) is 2.08. The van der Waals surface area contributed by atoms with Gasteiger partial charge >= 0.3 is 0 Å². The van der Waals surface area contributed by atoms with Crippen LogP contribution in [0.25, 0.3) is 17.0 Å². The number of nitrogens with zero attached hydrogens (tertiary/aromatic N) is 5. The normalized spacial score (nSPS) is 18.3. The van der Waals surface area contributed by atoms with Crippen molar-refractivity contribution in [1.82, 2.24) is 24.5 Å². The van der Waals surface area contributed by atoms with Gasteiger partial charge in [-0.1, -0.05) is 23.2 Å². The van der Waals surface area contributed by atoms with E-state index in [1.165, 1.54) is 6.07 Å². The van der Waals surface area contributed by atoms with Crippen LogP contribution in [0, 0.1) is 0 Å². The fourth-order valence-corrected chi connectivity index (χ4v) is 3.84. The summed E-state index contributed by atoms with van der Waals surface area (Å²) in [4.78, 5) is 11.2. The molecule has 7 nitrogen and oxygen atoms in total. The van der Waals surface area contributed by atoms with E-state index < -0.39 is 0 Å². The van der Waals surface area contributed by atoms with E-state index in [1.54, 1.807) is 22.8 Å². The highest BCUT2D eigenvalue weighted by molar-refractivity contribution is 6.36. The van der Waals surface area contributed by atoms with Gasteiger partial charge in [-0.25, -0.2) is 9.50 Å². The summed E-state index contributed by atoms with van der Waals surface area (Å²) in [6.07, 6.45) is 3.98. The molecule has 0 spiro atoms. The zero-order valence-corrected chi connectivity index (χ0v) is 15.7. The second-order valence-corrected chi connectivity index (χ2v) is 7.36. The van der Waals surface area contributed by atoms with Gasteiger partial charge in [-0.15, -0.1) is 5.10 Å². The molecule has 4 rings (SSSR count). The lowest BCUT2D eigenvalue weighted by atomic mass is 10.1. The quantitative estimate of drug-likeness (QED) is 0.711. The van der Waals surface area contributed by atoms with Crippen LogP contribution in [-0.2, 0) is 0 Å². The molecular weight excluding hydrogens is 375 g/mol. The van der Waals surface area contributed by atoms with Gasteiger partial charge < -0.3 is 15.3 Å². The number of piperidine rings is 1. The van der Waals surface area contributed by atoms with Crippen molar-refractivity contribution >= 4 is 34.9 Å². The molecule has 1 saturated heterocycles. The highest BCUT2D eigenvalue weighted by atomic mass is 35.5. The minimum atomic E-state index is -0.0255. The molecule has 0 amide bonds. The smallest absolute Gasteiger partial charge is 0.254 e. The third kappa shape index (κ3) is 3.42. The van der Waals surface area contributed by atoms with Crippen molar-refractivity contribution in [1.29, 1.82) is 0 Å². The Balaban J connectivity index is 1.64. The van der Waals surface area contributed by atoms with Crippen LogP contribution < -0.4 is 5.32 Å². The number of nitrogens with one attached hydrogen (secondary N) is 1. The van der Waals surface area contributed by atoms with Crippen LogP contribution in [0.1, 0.15) is 12.8 Å². The third-order valence-electron chi connectivity index (χ3n) is 4.46. The van der Waals surface area contributed by atoms with Gasteiger partial charge in [-0.2, -0.15) is 4.98 Å². The first-order valence-corrected chi connectivity index (χ1v) is 9.12. The van der Waals surface area contributed by atoms with Gasteiger partial charge in [0.05, 0.1) is 16.3 Å². The summed E-state index contributed by atoms with van der Waals surface area (Å²) in [5.74, 6) is 0.948. The molecular formula is C17H18Cl2N6O. The van der Waals surface area contributed by atoms with Crippen LogP contribution >= 0.6 is 23.2 Å². The summed E-state index contributed by atoms with van der Waals surface area (Å²) in [5.41, 5.74) is 0.929. The molecule has 0 bridgehead atoms. The Morgan fingerprint density at radius 3 is 2.88 bits per heavy atom. The zero-order chi connectivity index (χ0) is 18.3. The van der Waals surface area contributed by atoms with E-state index in [0.29, 0.717) is 39.1 Å². The SMILES string of the molecule is CN1CCCC(Nc2nc3nc(-c4c(O)cc(Cl)cc4Cl)ccn3n2)C1. The predicted molar refractivity (Wildman–Crippen MR) is 102 cm³/mol. The second kappa shape index (κ2) is 6.90. The van der Waals surface area contributed by atoms with Crippen LogP contribution in [0.15, 0.2) is 24.4 Å². The summed E-state index contributed by atoms with van der Waals surface area (Å²) in [6, 6.07) is 5.06. The highest BCUT2D eigenvalue weighted by Crippen LogP contribution is 2.37. The summed E-state index contributed by atoms with van der Waals surface area (Å²) in [5, 5.41) is 18.7. The maximum Gasteiger partial charge on any atom is 0.254 e. The average molecular weight is 393 g/mol. The van der Waals surface area contributed by atoms with Crippen molar-refractivity contribution in [2.24, 2.45) is 0 Å². The number of likely N-dealkylation sites (N-methyl/N-ethyl adjacent to an activating group) is 1. The molecule has 1 fully saturated rings. The van der Waals surface area contributed by atoms with Crippen molar-refractivity contribution in [3.8, 4) is 17.0 Å². The van der Waals surface area contributed by atoms with Crippen molar-refractivity contribution < 1.29 is 5.11 Å². The molecule has 0 aliphatic carbocycles. The van der Waals surface area contributed by atoms with E-state index in [1.807, 2.05) is 0 Å². The second-order valence-electron chi connectivity index (χ2n) is 6.52. The minimum absolute atomic E-state index is 0.0255. The Morgan fingerprint density at radius 1 is 1.27 bits per heavy atom. The topological polar surface area (TPSA) is 78.6 Å². The lowest BCUT2D eigenvalue weighted by Gasteiger charge is -2.29. The summed E-state index contributed by atoms with van der Waals surface area (Å²) >= 11 is 12.1. The number of hydrogen-bond donors (Lipinski definition) is 2. The van der Waals surface area contributed by atoms with Crippen LogP contribution in [-0.4, -0.2) is 55.8 Å². The number of halogens is 2. The Bertz CT molecular complexity index is 937. The highest BCUT2D eigenvalue weighted by Gasteiger charge is 2.19. The average Bonchev–Trinajstić information content (AvgIpc) is 2.95. The largest absolute Gasteiger partial charge is 0.507 e. The first-order chi connectivity index (χ1) is 12.5. The molecule has 1 unspecified atom stereocenters. The third-order valence-corrected chi connectivity index (χ3v) is 4.97. The molecule has 26 heavy (non-hydrogen) atoms. The molecule has 2 N–H and O–H groups in total. The molecule has 3 heterocycles. The minimum Gasteiger partial charge on any atom is -0.507 e. The van der Waals surface area contributed by atoms with Gasteiger partial charge in [0.1, 0.15) is 5.75 Å². The van der Waals surface area contributed by atoms with E-state index in [9.17, 15) is 5.11 Å². The first kappa shape index (κ1) is 17.3. The van der Waals surface area contributed by atoms with Gasteiger partial charge in [0.25, 0.3) is 5.78 Å². The Morgan fingerprint density at radius 2 is 2.12 bits per heavy atom. The van der Waals surface area contributed by atoms with Crippen LogP contribution in [0.4, 0.5) is 5.95 Å².